The second-order valence-corrected chi connectivity index (χ2v) is 8.87. The molecule has 0 radical (unpaired) electrons. The molecule has 3 saturated carbocycles. The van der Waals surface area contributed by atoms with Crippen molar-refractivity contribution in [1.29, 1.82) is 0 Å². The highest BCUT2D eigenvalue weighted by Crippen LogP contribution is 2.83. The van der Waals surface area contributed by atoms with Gasteiger partial charge in [0.2, 0.25) is 0 Å². The summed E-state index contributed by atoms with van der Waals surface area (Å²) in [6, 6.07) is 0. The molecule has 0 aromatic carbocycles. The van der Waals surface area contributed by atoms with Crippen molar-refractivity contribution < 1.29 is 9.31 Å². The highest BCUT2D eigenvalue weighted by atomic mass is 16.7. The molecule has 0 aromatic heterocycles. The first-order valence-corrected chi connectivity index (χ1v) is 8.35. The molecule has 2 bridgehead atoms. The van der Waals surface area contributed by atoms with E-state index in [0.29, 0.717) is 10.7 Å². The first-order valence-electron chi connectivity index (χ1n) is 8.35. The van der Waals surface area contributed by atoms with Crippen LogP contribution in [0.2, 0.25) is 5.31 Å². The van der Waals surface area contributed by atoms with Crippen LogP contribution in [0.4, 0.5) is 0 Å². The highest BCUT2D eigenvalue weighted by Gasteiger charge is 2.77. The van der Waals surface area contributed by atoms with Crippen LogP contribution < -0.4 is 5.32 Å². The minimum absolute atomic E-state index is 0.0380. The summed E-state index contributed by atoms with van der Waals surface area (Å²) in [5.41, 5.74) is 0.315. The molecule has 2 heterocycles. The second-order valence-electron chi connectivity index (χ2n) is 8.87. The van der Waals surface area contributed by atoms with Crippen molar-refractivity contribution in [2.24, 2.45) is 11.3 Å². The summed E-state index contributed by atoms with van der Waals surface area (Å²) in [5, 5.41) is 3.85. The third kappa shape index (κ3) is 1.59. The van der Waals surface area contributed by atoms with E-state index in [-0.39, 0.29) is 18.3 Å². The molecule has 0 atom stereocenters. The molecule has 3 nitrogen and oxygen atoms in total. The Labute approximate surface area is 123 Å². The minimum atomic E-state index is -0.172. The maximum absolute atomic E-state index is 6.31. The van der Waals surface area contributed by atoms with Crippen LogP contribution in [0.25, 0.3) is 0 Å². The zero-order valence-corrected chi connectivity index (χ0v) is 13.4. The molecule has 0 amide bonds. The maximum Gasteiger partial charge on any atom is 0.464 e. The lowest BCUT2D eigenvalue weighted by atomic mass is 9.22. The lowest BCUT2D eigenvalue weighted by Crippen LogP contribution is -2.67. The van der Waals surface area contributed by atoms with Crippen molar-refractivity contribution in [3.63, 3.8) is 0 Å². The van der Waals surface area contributed by atoms with E-state index in [2.05, 4.69) is 33.0 Å². The summed E-state index contributed by atoms with van der Waals surface area (Å²) < 4.78 is 12.6. The molecule has 0 unspecified atom stereocenters. The average Bonchev–Trinajstić information content (AvgIpc) is 2.45. The van der Waals surface area contributed by atoms with Gasteiger partial charge in [0.25, 0.3) is 0 Å². The highest BCUT2D eigenvalue weighted by molar-refractivity contribution is 6.51. The predicted octanol–water partition coefficient (Wildman–Crippen LogP) is 3.00. The van der Waals surface area contributed by atoms with Gasteiger partial charge in [-0.3, -0.25) is 0 Å². The molecular weight excluding hydrogens is 249 g/mol. The Morgan fingerprint density at radius 2 is 1.40 bits per heavy atom. The molecule has 1 N–H and O–H groups in total. The lowest BCUT2D eigenvalue weighted by Gasteiger charge is -2.74. The van der Waals surface area contributed by atoms with Crippen LogP contribution in [0.5, 0.6) is 0 Å². The number of rotatable bonds is 2. The van der Waals surface area contributed by atoms with Gasteiger partial charge in [0.1, 0.15) is 0 Å². The van der Waals surface area contributed by atoms with E-state index in [1.165, 1.54) is 45.2 Å². The smallest absolute Gasteiger partial charge is 0.403 e. The van der Waals surface area contributed by atoms with Crippen molar-refractivity contribution in [2.45, 2.75) is 76.3 Å². The van der Waals surface area contributed by atoms with Crippen LogP contribution in [0.1, 0.15) is 59.8 Å². The number of hydrogen-bond donors (Lipinski definition) is 1. The Balaban J connectivity index is 1.43. The van der Waals surface area contributed by atoms with E-state index in [9.17, 15) is 0 Å². The number of hydrogen-bond acceptors (Lipinski definition) is 3. The van der Waals surface area contributed by atoms with Gasteiger partial charge in [0, 0.05) is 5.31 Å². The van der Waals surface area contributed by atoms with Gasteiger partial charge in [-0.15, -0.1) is 0 Å². The predicted molar refractivity (Wildman–Crippen MR) is 80.7 cm³/mol. The summed E-state index contributed by atoms with van der Waals surface area (Å²) in [4.78, 5) is 0. The Hall–Kier alpha value is -0.0551. The van der Waals surface area contributed by atoms with Gasteiger partial charge in [-0.25, -0.2) is 0 Å². The summed E-state index contributed by atoms with van der Waals surface area (Å²) in [5.74, 6) is 0.952. The average molecular weight is 277 g/mol. The Bertz CT molecular complexity index is 392. The standard InChI is InChI=1S/C16H28BNO2/c1-13(2)14(3,4)20-17(19-13)16-9-15(10-16,11-16)12-5-7-18-8-6-12/h12,18H,5-11H2,1-4H3. The van der Waals surface area contributed by atoms with E-state index in [1.54, 1.807) is 0 Å². The second kappa shape index (κ2) is 3.82. The molecule has 5 rings (SSSR count). The van der Waals surface area contributed by atoms with E-state index in [1.807, 2.05) is 0 Å². The molecule has 20 heavy (non-hydrogen) atoms. The Morgan fingerprint density at radius 3 is 1.90 bits per heavy atom. The Morgan fingerprint density at radius 1 is 0.900 bits per heavy atom. The van der Waals surface area contributed by atoms with Gasteiger partial charge < -0.3 is 14.6 Å². The van der Waals surface area contributed by atoms with Crippen molar-refractivity contribution in [2.75, 3.05) is 13.1 Å². The van der Waals surface area contributed by atoms with E-state index < -0.39 is 0 Å². The molecule has 2 aliphatic heterocycles. The van der Waals surface area contributed by atoms with Gasteiger partial charge in [-0.2, -0.15) is 0 Å². The topological polar surface area (TPSA) is 30.5 Å². The maximum atomic E-state index is 6.31. The normalized spacial score (nSPS) is 45.9. The summed E-state index contributed by atoms with van der Waals surface area (Å²) in [6.07, 6.45) is 6.80. The van der Waals surface area contributed by atoms with Crippen LogP contribution in [0.3, 0.4) is 0 Å². The summed E-state index contributed by atoms with van der Waals surface area (Å²) in [7, 11) is 0.0380. The first kappa shape index (κ1) is 13.6. The monoisotopic (exact) mass is 277 g/mol. The molecule has 5 aliphatic rings. The van der Waals surface area contributed by atoms with Crippen LogP contribution in [0.15, 0.2) is 0 Å². The van der Waals surface area contributed by atoms with Crippen molar-refractivity contribution in [3.05, 3.63) is 0 Å². The van der Waals surface area contributed by atoms with E-state index in [0.717, 1.165) is 5.92 Å². The van der Waals surface area contributed by atoms with E-state index in [4.69, 9.17) is 9.31 Å². The molecule has 112 valence electrons. The van der Waals surface area contributed by atoms with Gasteiger partial charge in [-0.05, 0) is 84.2 Å². The number of piperidine rings is 1. The molecule has 2 saturated heterocycles. The van der Waals surface area contributed by atoms with Gasteiger partial charge in [0.05, 0.1) is 11.2 Å². The van der Waals surface area contributed by atoms with Gasteiger partial charge in [0.15, 0.2) is 0 Å². The molecule has 0 aromatic rings. The summed E-state index contributed by atoms with van der Waals surface area (Å²) >= 11 is 0. The van der Waals surface area contributed by atoms with Crippen LogP contribution >= 0.6 is 0 Å². The molecule has 0 spiro atoms. The largest absolute Gasteiger partial charge is 0.464 e. The SMILES string of the molecule is CC1(C)OB(C23CC(C4CCNCC4)(C2)C3)OC1(C)C. The third-order valence-corrected chi connectivity index (χ3v) is 7.07. The van der Waals surface area contributed by atoms with Crippen LogP contribution in [-0.4, -0.2) is 31.4 Å². The van der Waals surface area contributed by atoms with Gasteiger partial charge >= 0.3 is 7.12 Å². The third-order valence-electron chi connectivity index (χ3n) is 7.07. The van der Waals surface area contributed by atoms with Crippen LogP contribution in [-0.2, 0) is 9.31 Å². The quantitative estimate of drug-likeness (QED) is 0.787. The zero-order chi connectivity index (χ0) is 14.2. The van der Waals surface area contributed by atoms with E-state index >= 15 is 0 Å². The van der Waals surface area contributed by atoms with Crippen molar-refractivity contribution in [3.8, 4) is 0 Å². The van der Waals surface area contributed by atoms with Crippen molar-refractivity contribution >= 4 is 7.12 Å². The fraction of sp³-hybridized carbons (Fsp3) is 1.00. The molecule has 4 heteroatoms. The fourth-order valence-electron chi connectivity index (χ4n) is 5.16. The minimum Gasteiger partial charge on any atom is -0.403 e. The molecular formula is C16H28BNO2. The van der Waals surface area contributed by atoms with Crippen LogP contribution in [0, 0.1) is 11.3 Å². The Kier molecular flexibility index (Phi) is 2.60. The molecule has 5 fully saturated rings. The summed E-state index contributed by atoms with van der Waals surface area (Å²) in [6.45, 7) is 11.1. The number of nitrogens with one attached hydrogen (secondary N) is 1. The zero-order valence-electron chi connectivity index (χ0n) is 13.4. The fourth-order valence-corrected chi connectivity index (χ4v) is 5.16. The van der Waals surface area contributed by atoms with Gasteiger partial charge in [-0.1, -0.05) is 0 Å². The lowest BCUT2D eigenvalue weighted by molar-refractivity contribution is -0.158. The first-order chi connectivity index (χ1) is 9.29. The van der Waals surface area contributed by atoms with Crippen molar-refractivity contribution in [1.82, 2.24) is 5.32 Å². The molecule has 3 aliphatic carbocycles.